The van der Waals surface area contributed by atoms with Crippen molar-refractivity contribution in [3.63, 3.8) is 0 Å². The van der Waals surface area contributed by atoms with Crippen molar-refractivity contribution in [2.45, 2.75) is 33.3 Å². The predicted octanol–water partition coefficient (Wildman–Crippen LogP) is 1.69. The van der Waals surface area contributed by atoms with Gasteiger partial charge in [-0.15, -0.1) is 0 Å². The van der Waals surface area contributed by atoms with Gasteiger partial charge in [0.2, 0.25) is 0 Å². The molecule has 0 saturated carbocycles. The van der Waals surface area contributed by atoms with E-state index in [-0.39, 0.29) is 0 Å². The van der Waals surface area contributed by atoms with Crippen LogP contribution in [0, 0.1) is 17.8 Å². The third kappa shape index (κ3) is 6.39. The van der Waals surface area contributed by atoms with Crippen LogP contribution in [0.1, 0.15) is 27.2 Å². The van der Waals surface area contributed by atoms with Gasteiger partial charge in [-0.25, -0.2) is 0 Å². The highest BCUT2D eigenvalue weighted by Gasteiger charge is 2.20. The highest BCUT2D eigenvalue weighted by Crippen LogP contribution is 2.06. The molecule has 0 aromatic carbocycles. The van der Waals surface area contributed by atoms with Gasteiger partial charge in [0.05, 0.1) is 19.3 Å². The molecule has 1 rings (SSSR count). The van der Waals surface area contributed by atoms with E-state index in [1.165, 1.54) is 6.42 Å². The van der Waals surface area contributed by atoms with Gasteiger partial charge in [0.1, 0.15) is 0 Å². The maximum atomic E-state index is 5.82. The minimum Gasteiger partial charge on any atom is -0.374 e. The number of nitrogens with zero attached hydrogens (tertiary/aromatic N) is 2. The summed E-state index contributed by atoms with van der Waals surface area (Å²) in [5, 5.41) is 0. The second kappa shape index (κ2) is 8.53. The smallest absolute Gasteiger partial charge is 0.0829 e. The zero-order valence-corrected chi connectivity index (χ0v) is 12.4. The average Bonchev–Trinajstić information content (AvgIpc) is 2.29. The van der Waals surface area contributed by atoms with Crippen LogP contribution in [0.25, 0.3) is 0 Å². The summed E-state index contributed by atoms with van der Waals surface area (Å²) < 4.78 is 5.82. The number of rotatable bonds is 5. The van der Waals surface area contributed by atoms with Crippen molar-refractivity contribution < 1.29 is 4.74 Å². The number of ether oxygens (including phenoxy) is 1. The second-order valence-corrected chi connectivity index (χ2v) is 5.47. The number of hydrogen-bond donors (Lipinski definition) is 0. The van der Waals surface area contributed by atoms with E-state index < -0.39 is 0 Å². The zero-order valence-electron chi connectivity index (χ0n) is 12.4. The molecule has 0 bridgehead atoms. The number of likely N-dealkylation sites (N-methyl/N-ethyl adjacent to an activating group) is 1. The van der Waals surface area contributed by atoms with Crippen molar-refractivity contribution in [1.82, 2.24) is 9.80 Å². The first-order valence-corrected chi connectivity index (χ1v) is 7.12. The fourth-order valence-corrected chi connectivity index (χ4v) is 2.22. The van der Waals surface area contributed by atoms with Crippen LogP contribution in [0.2, 0.25) is 0 Å². The van der Waals surface area contributed by atoms with Gasteiger partial charge in [-0.05, 0) is 20.0 Å². The molecular weight excluding hydrogens is 224 g/mol. The summed E-state index contributed by atoms with van der Waals surface area (Å²) in [6.45, 7) is 12.4. The van der Waals surface area contributed by atoms with E-state index >= 15 is 0 Å². The molecule has 1 aliphatic rings. The molecule has 1 unspecified atom stereocenters. The van der Waals surface area contributed by atoms with Crippen LogP contribution in [0.15, 0.2) is 0 Å². The van der Waals surface area contributed by atoms with Gasteiger partial charge in [-0.3, -0.25) is 4.90 Å². The summed E-state index contributed by atoms with van der Waals surface area (Å²) in [5.41, 5.74) is 0. The molecule has 3 heteroatoms. The summed E-state index contributed by atoms with van der Waals surface area (Å²) in [5.74, 6) is 6.96. The van der Waals surface area contributed by atoms with E-state index in [2.05, 4.69) is 49.5 Å². The Kier molecular flexibility index (Phi) is 7.34. The van der Waals surface area contributed by atoms with Crippen molar-refractivity contribution in [2.24, 2.45) is 5.92 Å². The van der Waals surface area contributed by atoms with E-state index in [1.807, 2.05) is 0 Å². The van der Waals surface area contributed by atoms with Crippen molar-refractivity contribution in [3.8, 4) is 11.8 Å². The van der Waals surface area contributed by atoms with Crippen LogP contribution in [-0.2, 0) is 4.74 Å². The second-order valence-electron chi connectivity index (χ2n) is 5.47. The Morgan fingerprint density at radius 1 is 1.44 bits per heavy atom. The van der Waals surface area contributed by atoms with Crippen molar-refractivity contribution >= 4 is 0 Å². The van der Waals surface area contributed by atoms with Gasteiger partial charge in [0.15, 0.2) is 0 Å². The lowest BCUT2D eigenvalue weighted by atomic mass is 10.2. The molecule has 1 aliphatic heterocycles. The SMILES string of the molecule is CCCN(C)CC1CN(CC#CC(C)C)CCO1. The molecule has 1 fully saturated rings. The molecule has 0 amide bonds. The van der Waals surface area contributed by atoms with E-state index in [1.54, 1.807) is 0 Å². The van der Waals surface area contributed by atoms with Crippen LogP contribution in [0.5, 0.6) is 0 Å². The first-order chi connectivity index (χ1) is 8.61. The molecule has 104 valence electrons. The van der Waals surface area contributed by atoms with Gasteiger partial charge in [-0.1, -0.05) is 32.6 Å². The fourth-order valence-electron chi connectivity index (χ4n) is 2.22. The Balaban J connectivity index is 2.30. The van der Waals surface area contributed by atoms with E-state index in [0.717, 1.165) is 39.3 Å². The van der Waals surface area contributed by atoms with E-state index in [4.69, 9.17) is 4.74 Å². The third-order valence-corrected chi connectivity index (χ3v) is 3.04. The average molecular weight is 252 g/mol. The number of hydrogen-bond acceptors (Lipinski definition) is 3. The molecule has 0 aliphatic carbocycles. The van der Waals surface area contributed by atoms with Crippen LogP contribution < -0.4 is 0 Å². The van der Waals surface area contributed by atoms with Gasteiger partial charge in [-0.2, -0.15) is 0 Å². The van der Waals surface area contributed by atoms with Gasteiger partial charge in [0.25, 0.3) is 0 Å². The van der Waals surface area contributed by atoms with Crippen molar-refractivity contribution in [2.75, 3.05) is 46.4 Å². The van der Waals surface area contributed by atoms with E-state index in [9.17, 15) is 0 Å². The summed E-state index contributed by atoms with van der Waals surface area (Å²) >= 11 is 0. The first kappa shape index (κ1) is 15.5. The lowest BCUT2D eigenvalue weighted by molar-refractivity contribution is -0.0363. The van der Waals surface area contributed by atoms with Crippen LogP contribution >= 0.6 is 0 Å². The Hall–Kier alpha value is -0.560. The quantitative estimate of drug-likeness (QED) is 0.693. The Morgan fingerprint density at radius 2 is 2.22 bits per heavy atom. The third-order valence-electron chi connectivity index (χ3n) is 3.04. The van der Waals surface area contributed by atoms with Crippen molar-refractivity contribution in [3.05, 3.63) is 0 Å². The maximum Gasteiger partial charge on any atom is 0.0829 e. The molecule has 18 heavy (non-hydrogen) atoms. The minimum absolute atomic E-state index is 0.344. The van der Waals surface area contributed by atoms with Crippen LogP contribution in [0.3, 0.4) is 0 Å². The Morgan fingerprint density at radius 3 is 2.89 bits per heavy atom. The first-order valence-electron chi connectivity index (χ1n) is 7.12. The monoisotopic (exact) mass is 252 g/mol. The lowest BCUT2D eigenvalue weighted by Gasteiger charge is -2.33. The molecule has 1 atom stereocenters. The Bertz CT molecular complexity index is 280. The standard InChI is InChI=1S/C15H28N2O/c1-5-8-16(4)12-15-13-17(10-11-18-15)9-6-7-14(2)3/h14-15H,5,8-13H2,1-4H3. The van der Waals surface area contributed by atoms with Gasteiger partial charge >= 0.3 is 0 Å². The topological polar surface area (TPSA) is 15.7 Å². The van der Waals surface area contributed by atoms with Gasteiger partial charge < -0.3 is 9.64 Å². The zero-order chi connectivity index (χ0) is 13.4. The van der Waals surface area contributed by atoms with Crippen molar-refractivity contribution in [1.29, 1.82) is 0 Å². The summed E-state index contributed by atoms with van der Waals surface area (Å²) in [6, 6.07) is 0. The van der Waals surface area contributed by atoms with E-state index in [0.29, 0.717) is 12.0 Å². The number of morpholine rings is 1. The lowest BCUT2D eigenvalue weighted by Crippen LogP contribution is -2.47. The molecule has 0 N–H and O–H groups in total. The van der Waals surface area contributed by atoms with Crippen LogP contribution in [0.4, 0.5) is 0 Å². The highest BCUT2D eigenvalue weighted by molar-refractivity contribution is 5.03. The predicted molar refractivity (Wildman–Crippen MR) is 76.6 cm³/mol. The normalized spacial score (nSPS) is 21.1. The Labute approximate surface area is 112 Å². The molecule has 3 nitrogen and oxygen atoms in total. The molecule has 0 radical (unpaired) electrons. The highest BCUT2D eigenvalue weighted by atomic mass is 16.5. The minimum atomic E-state index is 0.344. The van der Waals surface area contributed by atoms with Crippen LogP contribution in [-0.4, -0.2) is 62.3 Å². The summed E-state index contributed by atoms with van der Waals surface area (Å²) in [6.07, 6.45) is 1.54. The van der Waals surface area contributed by atoms with Gasteiger partial charge in [0, 0.05) is 25.6 Å². The molecular formula is C15H28N2O. The molecule has 1 saturated heterocycles. The molecule has 0 aromatic heterocycles. The molecule has 1 heterocycles. The summed E-state index contributed by atoms with van der Waals surface area (Å²) in [7, 11) is 2.17. The largest absolute Gasteiger partial charge is 0.374 e. The summed E-state index contributed by atoms with van der Waals surface area (Å²) in [4.78, 5) is 4.76. The fraction of sp³-hybridized carbons (Fsp3) is 0.867. The maximum absolute atomic E-state index is 5.82. The molecule has 0 aromatic rings. The molecule has 0 spiro atoms.